The van der Waals surface area contributed by atoms with Crippen LogP contribution in [0.2, 0.25) is 0 Å². The molecule has 1 aromatic heterocycles. The molecule has 6 rings (SSSR count). The van der Waals surface area contributed by atoms with Crippen molar-refractivity contribution >= 4 is 61.2 Å². The molecule has 4 aromatic carbocycles. The molecule has 0 aliphatic carbocycles. The summed E-state index contributed by atoms with van der Waals surface area (Å²) >= 11 is 0. The maximum Gasteiger partial charge on any atom is 0.363 e. The number of hydrogen-bond acceptors (Lipinski definition) is 9. The van der Waals surface area contributed by atoms with E-state index in [0.717, 1.165) is 12.1 Å². The Hall–Kier alpha value is -5.62. The lowest BCUT2D eigenvalue weighted by atomic mass is 10.0. The van der Waals surface area contributed by atoms with Crippen LogP contribution >= 0.6 is 0 Å². The molecule has 1 fully saturated rings. The van der Waals surface area contributed by atoms with Crippen LogP contribution in [-0.2, 0) is 24.4 Å². The zero-order valence-corrected chi connectivity index (χ0v) is 24.0. The number of ether oxygens (including phenoxy) is 1. The van der Waals surface area contributed by atoms with E-state index in [0.29, 0.717) is 36.9 Å². The van der Waals surface area contributed by atoms with Crippen molar-refractivity contribution in [2.45, 2.75) is 17.7 Å². The summed E-state index contributed by atoms with van der Waals surface area (Å²) in [6.07, 6.45) is -0.138. The molecular weight excluding hydrogens is 586 g/mol. The first-order chi connectivity index (χ1) is 21.2. The van der Waals surface area contributed by atoms with Crippen LogP contribution in [0, 0.1) is 0 Å². The number of nitrogens with zero attached hydrogens (tertiary/aromatic N) is 3. The van der Waals surface area contributed by atoms with Crippen molar-refractivity contribution in [2.24, 2.45) is 0 Å². The van der Waals surface area contributed by atoms with Crippen LogP contribution in [0.3, 0.4) is 0 Å². The predicted octanol–water partition coefficient (Wildman–Crippen LogP) is 4.65. The summed E-state index contributed by atoms with van der Waals surface area (Å²) in [5.74, 6) is -2.68. The number of aromatic nitrogens is 1. The highest BCUT2D eigenvalue weighted by Gasteiger charge is 2.35. The Morgan fingerprint density at radius 1 is 0.773 bits per heavy atom. The minimum Gasteiger partial charge on any atom is -0.497 e. The van der Waals surface area contributed by atoms with Crippen molar-refractivity contribution in [3.8, 4) is 5.75 Å². The van der Waals surface area contributed by atoms with Gasteiger partial charge >= 0.3 is 5.97 Å². The Balaban J connectivity index is 1.44. The number of rotatable bonds is 7. The Kier molecular flexibility index (Phi) is 7.27. The average molecular weight is 610 g/mol. The highest BCUT2D eigenvalue weighted by molar-refractivity contribution is 7.93. The molecule has 44 heavy (non-hydrogen) atoms. The number of hydroxylamine groups is 2. The molecule has 0 N–H and O–H groups in total. The number of imide groups is 1. The van der Waals surface area contributed by atoms with Gasteiger partial charge < -0.3 is 9.57 Å². The smallest absolute Gasteiger partial charge is 0.363 e. The van der Waals surface area contributed by atoms with Crippen LogP contribution in [0.1, 0.15) is 33.6 Å². The van der Waals surface area contributed by atoms with E-state index in [1.807, 2.05) is 0 Å². The fourth-order valence-corrected chi connectivity index (χ4v) is 6.32. The summed E-state index contributed by atoms with van der Waals surface area (Å²) in [6.45, 7) is 0. The molecular formula is C32H23N3O8S. The van der Waals surface area contributed by atoms with Gasteiger partial charge in [-0.25, -0.2) is 18.2 Å². The average Bonchev–Trinajstić information content (AvgIpc) is 3.36. The summed E-state index contributed by atoms with van der Waals surface area (Å²) in [5.41, 5.74) is 1.12. The van der Waals surface area contributed by atoms with Crippen molar-refractivity contribution in [2.75, 3.05) is 11.4 Å². The normalized spacial score (nSPS) is 13.3. The Bertz CT molecular complexity index is 2010. The third-order valence-electron chi connectivity index (χ3n) is 7.10. The Morgan fingerprint density at radius 3 is 1.86 bits per heavy atom. The molecule has 2 heterocycles. The highest BCUT2D eigenvalue weighted by Crippen LogP contribution is 2.33. The minimum absolute atomic E-state index is 0.0512. The monoisotopic (exact) mass is 609 g/mol. The number of carbonyl (C=O) groups excluding carboxylic acids is 4. The van der Waals surface area contributed by atoms with Gasteiger partial charge in [0.05, 0.1) is 39.9 Å². The van der Waals surface area contributed by atoms with Crippen molar-refractivity contribution in [1.29, 1.82) is 0 Å². The van der Waals surface area contributed by atoms with Crippen LogP contribution in [0.4, 0.5) is 5.69 Å². The third-order valence-corrected chi connectivity index (χ3v) is 8.83. The molecule has 1 aliphatic heterocycles. The fourth-order valence-electron chi connectivity index (χ4n) is 4.92. The second kappa shape index (κ2) is 11.2. The van der Waals surface area contributed by atoms with Gasteiger partial charge in [-0.15, -0.1) is 5.06 Å². The number of para-hydroxylation sites is 2. The summed E-state index contributed by atoms with van der Waals surface area (Å²) in [5, 5.41) is 1.34. The van der Waals surface area contributed by atoms with Crippen molar-refractivity contribution < 1.29 is 37.2 Å². The first-order valence-electron chi connectivity index (χ1n) is 13.4. The lowest BCUT2D eigenvalue weighted by molar-refractivity contribution is -0.172. The number of carbonyl (C=O) groups is 4. The molecule has 11 nitrogen and oxygen atoms in total. The number of sulfonamides is 1. The number of amides is 3. The lowest BCUT2D eigenvalue weighted by Crippen LogP contribution is -2.37. The standard InChI is InChI=1S/C32H23N3O8S/c1-42-22-14-12-21(13-15-22)35(31(38)30-24-6-2-4-8-26(24)33-27-9-5-3-7-25(27)30)44(40,41)23-16-10-20(11-17-23)32(39)43-34-28(36)18-19-29(34)37/h2-17H,18-19H2,1H3. The van der Waals surface area contributed by atoms with Crippen molar-refractivity contribution in [3.05, 3.63) is 108 Å². The molecule has 1 saturated heterocycles. The SMILES string of the molecule is COc1ccc(N(C(=O)c2c3ccccc3nc3ccccc23)S(=O)(=O)c2ccc(C(=O)ON3C(=O)CCC3=O)cc2)cc1. The number of anilines is 1. The van der Waals surface area contributed by atoms with Gasteiger partial charge in [-0.05, 0) is 60.7 Å². The largest absolute Gasteiger partial charge is 0.497 e. The summed E-state index contributed by atoms with van der Waals surface area (Å²) in [4.78, 5) is 60.1. The molecule has 5 aromatic rings. The highest BCUT2D eigenvalue weighted by atomic mass is 32.2. The van der Waals surface area contributed by atoms with Gasteiger partial charge in [0, 0.05) is 23.6 Å². The van der Waals surface area contributed by atoms with E-state index < -0.39 is 33.7 Å². The van der Waals surface area contributed by atoms with Crippen molar-refractivity contribution in [1.82, 2.24) is 10.0 Å². The van der Waals surface area contributed by atoms with E-state index >= 15 is 0 Å². The molecule has 0 unspecified atom stereocenters. The molecule has 0 spiro atoms. The zero-order chi connectivity index (χ0) is 31.0. The Labute approximate surface area is 251 Å². The zero-order valence-electron chi connectivity index (χ0n) is 23.2. The maximum absolute atomic E-state index is 14.5. The number of pyridine rings is 1. The number of methoxy groups -OCH3 is 1. The minimum atomic E-state index is -4.59. The predicted molar refractivity (Wildman–Crippen MR) is 159 cm³/mol. The topological polar surface area (TPSA) is 140 Å². The molecule has 3 amide bonds. The summed E-state index contributed by atoms with van der Waals surface area (Å²) in [7, 11) is -3.12. The molecule has 220 valence electrons. The number of benzene rings is 4. The van der Waals surface area contributed by atoms with E-state index in [1.165, 1.54) is 43.5 Å². The number of fused-ring (bicyclic) bond motifs is 2. The molecule has 12 heteroatoms. The Morgan fingerprint density at radius 2 is 1.32 bits per heavy atom. The van der Waals surface area contributed by atoms with E-state index in [9.17, 15) is 27.6 Å². The van der Waals surface area contributed by atoms with Gasteiger partial charge in [-0.3, -0.25) is 14.4 Å². The first kappa shape index (κ1) is 28.5. The van der Waals surface area contributed by atoms with Crippen LogP contribution in [0.5, 0.6) is 5.75 Å². The molecule has 0 atom stereocenters. The van der Waals surface area contributed by atoms with Gasteiger partial charge in [0.25, 0.3) is 27.7 Å². The van der Waals surface area contributed by atoms with Crippen LogP contribution in [0.25, 0.3) is 21.8 Å². The molecule has 0 bridgehead atoms. The maximum atomic E-state index is 14.5. The first-order valence-corrected chi connectivity index (χ1v) is 14.8. The lowest BCUT2D eigenvalue weighted by Gasteiger charge is -2.24. The van der Waals surface area contributed by atoms with Crippen LogP contribution < -0.4 is 9.04 Å². The second-order valence-corrected chi connectivity index (χ2v) is 11.6. The van der Waals surface area contributed by atoms with Gasteiger partial charge in [0.15, 0.2) is 0 Å². The van der Waals surface area contributed by atoms with Crippen LogP contribution in [0.15, 0.2) is 102 Å². The van der Waals surface area contributed by atoms with Gasteiger partial charge in [-0.1, -0.05) is 36.4 Å². The molecule has 0 radical (unpaired) electrons. The third kappa shape index (κ3) is 5.01. The second-order valence-electron chi connectivity index (χ2n) is 9.78. The van der Waals surface area contributed by atoms with E-state index in [1.54, 1.807) is 48.5 Å². The molecule has 0 saturated carbocycles. The molecule has 1 aliphatic rings. The van der Waals surface area contributed by atoms with Gasteiger partial charge in [0.1, 0.15) is 5.75 Å². The van der Waals surface area contributed by atoms with E-state index in [4.69, 9.17) is 9.57 Å². The number of hydrogen-bond donors (Lipinski definition) is 0. The fraction of sp³-hybridized carbons (Fsp3) is 0.0938. The van der Waals surface area contributed by atoms with Crippen molar-refractivity contribution in [3.63, 3.8) is 0 Å². The van der Waals surface area contributed by atoms with Gasteiger partial charge in [-0.2, -0.15) is 4.31 Å². The summed E-state index contributed by atoms with van der Waals surface area (Å²) in [6, 6.07) is 24.5. The quantitative estimate of drug-likeness (QED) is 0.190. The van der Waals surface area contributed by atoms with Crippen LogP contribution in [-0.4, -0.2) is 49.3 Å². The van der Waals surface area contributed by atoms with E-state index in [2.05, 4.69) is 4.98 Å². The van der Waals surface area contributed by atoms with Gasteiger partial charge in [0.2, 0.25) is 0 Å². The summed E-state index contributed by atoms with van der Waals surface area (Å²) < 4.78 is 34.5. The van der Waals surface area contributed by atoms with E-state index in [-0.39, 0.29) is 34.6 Å².